The van der Waals surface area contributed by atoms with Gasteiger partial charge in [-0.05, 0) is 37.1 Å². The monoisotopic (exact) mass is 430 g/mol. The van der Waals surface area contributed by atoms with Crippen molar-refractivity contribution in [3.63, 3.8) is 0 Å². The number of aryl methyl sites for hydroxylation is 1. The Kier molecular flexibility index (Phi) is 6.94. The maximum absolute atomic E-state index is 13.0. The molecule has 1 unspecified atom stereocenters. The molecule has 0 aliphatic carbocycles. The van der Waals surface area contributed by atoms with Crippen LogP contribution in [0.5, 0.6) is 0 Å². The van der Waals surface area contributed by atoms with Crippen molar-refractivity contribution in [3.8, 4) is 0 Å². The van der Waals surface area contributed by atoms with Gasteiger partial charge in [0.15, 0.2) is 11.8 Å². The minimum atomic E-state index is -4.38. The second kappa shape index (κ2) is 9.63. The van der Waals surface area contributed by atoms with Gasteiger partial charge < -0.3 is 15.2 Å². The van der Waals surface area contributed by atoms with E-state index in [4.69, 9.17) is 0 Å². The molecule has 0 bridgehead atoms. The molecule has 1 heterocycles. The fourth-order valence-electron chi connectivity index (χ4n) is 2.97. The number of hydrogen-bond acceptors (Lipinski definition) is 3. The molecule has 6 nitrogen and oxygen atoms in total. The Hall–Kier alpha value is -3.36. The summed E-state index contributed by atoms with van der Waals surface area (Å²) in [4.78, 5) is 4.50. The zero-order valence-electron chi connectivity index (χ0n) is 17.6. The normalized spacial score (nSPS) is 13.2. The van der Waals surface area contributed by atoms with Gasteiger partial charge in [0.1, 0.15) is 5.82 Å². The number of rotatable bonds is 6. The molecule has 31 heavy (non-hydrogen) atoms. The molecule has 0 aliphatic rings. The topological polar surface area (TPSA) is 67.1 Å². The van der Waals surface area contributed by atoms with Gasteiger partial charge in [-0.15, -0.1) is 10.2 Å². The lowest BCUT2D eigenvalue weighted by molar-refractivity contribution is -0.137. The number of benzene rings is 2. The summed E-state index contributed by atoms with van der Waals surface area (Å²) in [5, 5.41) is 14.7. The number of nitrogens with zero attached hydrogens (tertiary/aromatic N) is 4. The standard InChI is InChI=1S/C22H25F3N6/c1-15(18-9-5-4-6-10-18)28-21(27-14-20-30-29-16(2)31(20)3)26-13-17-8-7-11-19(12-17)22(23,24)25/h4-12,15H,13-14H2,1-3H3,(H2,26,27,28). The van der Waals surface area contributed by atoms with Crippen LogP contribution in [0.1, 0.15) is 41.3 Å². The maximum atomic E-state index is 13.0. The van der Waals surface area contributed by atoms with Crippen LogP contribution in [-0.4, -0.2) is 20.7 Å². The molecule has 0 spiro atoms. The summed E-state index contributed by atoms with van der Waals surface area (Å²) >= 11 is 0. The number of alkyl halides is 3. The van der Waals surface area contributed by atoms with Crippen LogP contribution in [0.3, 0.4) is 0 Å². The van der Waals surface area contributed by atoms with Crippen molar-refractivity contribution in [1.29, 1.82) is 0 Å². The number of nitrogens with one attached hydrogen (secondary N) is 2. The van der Waals surface area contributed by atoms with E-state index in [0.717, 1.165) is 29.3 Å². The maximum Gasteiger partial charge on any atom is 0.416 e. The second-order valence-corrected chi connectivity index (χ2v) is 7.22. The Morgan fingerprint density at radius 3 is 2.48 bits per heavy atom. The van der Waals surface area contributed by atoms with E-state index in [2.05, 4.69) is 25.8 Å². The highest BCUT2D eigenvalue weighted by Crippen LogP contribution is 2.29. The predicted molar refractivity (Wildman–Crippen MR) is 113 cm³/mol. The molecule has 2 aromatic carbocycles. The number of halogens is 3. The molecule has 9 heteroatoms. The molecule has 164 valence electrons. The van der Waals surface area contributed by atoms with Gasteiger partial charge in [-0.2, -0.15) is 13.2 Å². The summed E-state index contributed by atoms with van der Waals surface area (Å²) in [5.74, 6) is 1.97. The van der Waals surface area contributed by atoms with Crippen molar-refractivity contribution >= 4 is 5.96 Å². The van der Waals surface area contributed by atoms with Crippen molar-refractivity contribution in [2.24, 2.45) is 12.0 Å². The van der Waals surface area contributed by atoms with E-state index >= 15 is 0 Å². The lowest BCUT2D eigenvalue weighted by atomic mass is 10.1. The smallest absolute Gasteiger partial charge is 0.350 e. The van der Waals surface area contributed by atoms with Crippen molar-refractivity contribution in [2.75, 3.05) is 0 Å². The Balaban J connectivity index is 1.78. The van der Waals surface area contributed by atoms with Crippen molar-refractivity contribution in [3.05, 3.63) is 82.9 Å². The quantitative estimate of drug-likeness (QED) is 0.456. The third kappa shape index (κ3) is 6.07. The highest BCUT2D eigenvalue weighted by atomic mass is 19.4. The molecular formula is C22H25F3N6. The van der Waals surface area contributed by atoms with Gasteiger partial charge in [0.25, 0.3) is 0 Å². The summed E-state index contributed by atoms with van der Waals surface area (Å²) in [6.07, 6.45) is -4.38. The Morgan fingerprint density at radius 2 is 1.84 bits per heavy atom. The molecule has 1 atom stereocenters. The summed E-state index contributed by atoms with van der Waals surface area (Å²) in [7, 11) is 1.87. The van der Waals surface area contributed by atoms with E-state index in [1.54, 1.807) is 6.07 Å². The molecule has 0 radical (unpaired) electrons. The molecule has 0 saturated carbocycles. The summed E-state index contributed by atoms with van der Waals surface area (Å²) in [6.45, 7) is 4.31. The van der Waals surface area contributed by atoms with E-state index in [1.165, 1.54) is 6.07 Å². The second-order valence-electron chi connectivity index (χ2n) is 7.22. The minimum absolute atomic E-state index is 0.0600. The Labute approximate surface area is 179 Å². The van der Waals surface area contributed by atoms with Crippen LogP contribution in [0, 0.1) is 6.92 Å². The third-order valence-electron chi connectivity index (χ3n) is 4.92. The van der Waals surface area contributed by atoms with Gasteiger partial charge in [-0.3, -0.25) is 0 Å². The fraction of sp³-hybridized carbons (Fsp3) is 0.318. The third-order valence-corrected chi connectivity index (χ3v) is 4.92. The summed E-state index contributed by atoms with van der Waals surface area (Å²) in [6, 6.07) is 15.0. The van der Waals surface area contributed by atoms with Crippen molar-refractivity contribution < 1.29 is 13.2 Å². The minimum Gasteiger partial charge on any atom is -0.350 e. The van der Waals surface area contributed by atoms with E-state index in [-0.39, 0.29) is 12.6 Å². The Morgan fingerprint density at radius 1 is 1.10 bits per heavy atom. The highest BCUT2D eigenvalue weighted by Gasteiger charge is 2.30. The molecular weight excluding hydrogens is 405 g/mol. The highest BCUT2D eigenvalue weighted by molar-refractivity contribution is 5.80. The summed E-state index contributed by atoms with van der Waals surface area (Å²) < 4.78 is 40.9. The van der Waals surface area contributed by atoms with E-state index < -0.39 is 11.7 Å². The average Bonchev–Trinajstić information content (AvgIpc) is 3.08. The van der Waals surface area contributed by atoms with Crippen LogP contribution in [-0.2, 0) is 26.3 Å². The SMILES string of the molecule is Cc1nnc(CNC(=NCc2cccc(C(F)(F)F)c2)NC(C)c2ccccc2)n1C. The number of aromatic nitrogens is 3. The van der Waals surface area contributed by atoms with Crippen molar-refractivity contribution in [2.45, 2.75) is 39.2 Å². The van der Waals surface area contributed by atoms with Crippen LogP contribution in [0.25, 0.3) is 0 Å². The van der Waals surface area contributed by atoms with Crippen LogP contribution in [0.15, 0.2) is 59.6 Å². The lowest BCUT2D eigenvalue weighted by Crippen LogP contribution is -2.39. The van der Waals surface area contributed by atoms with Gasteiger partial charge in [0.05, 0.1) is 24.7 Å². The zero-order chi connectivity index (χ0) is 22.4. The molecule has 3 aromatic rings. The zero-order valence-corrected chi connectivity index (χ0v) is 17.6. The largest absolute Gasteiger partial charge is 0.416 e. The predicted octanol–water partition coefficient (Wildman–Crippen LogP) is 4.14. The van der Waals surface area contributed by atoms with Crippen molar-refractivity contribution in [1.82, 2.24) is 25.4 Å². The molecule has 0 fully saturated rings. The van der Waals surface area contributed by atoms with E-state index in [0.29, 0.717) is 18.1 Å². The first-order chi connectivity index (χ1) is 14.7. The molecule has 1 aromatic heterocycles. The Bertz CT molecular complexity index is 1030. The first kappa shape index (κ1) is 22.3. The van der Waals surface area contributed by atoms with Gasteiger partial charge in [0, 0.05) is 7.05 Å². The lowest BCUT2D eigenvalue weighted by Gasteiger charge is -2.19. The molecule has 0 aliphatic heterocycles. The van der Waals surface area contributed by atoms with Crippen LogP contribution in [0.4, 0.5) is 13.2 Å². The van der Waals surface area contributed by atoms with Gasteiger partial charge in [-0.25, -0.2) is 4.99 Å². The fourth-order valence-corrected chi connectivity index (χ4v) is 2.97. The average molecular weight is 430 g/mol. The first-order valence-corrected chi connectivity index (χ1v) is 9.85. The van der Waals surface area contributed by atoms with Crippen LogP contribution < -0.4 is 10.6 Å². The van der Waals surface area contributed by atoms with Crippen LogP contribution in [0.2, 0.25) is 0 Å². The van der Waals surface area contributed by atoms with Gasteiger partial charge in [0.2, 0.25) is 0 Å². The van der Waals surface area contributed by atoms with Gasteiger partial charge in [-0.1, -0.05) is 42.5 Å². The molecule has 0 amide bonds. The number of aliphatic imine (C=N–C) groups is 1. The molecule has 0 saturated heterocycles. The summed E-state index contributed by atoms with van der Waals surface area (Å²) in [5.41, 5.74) is 0.846. The van der Waals surface area contributed by atoms with Gasteiger partial charge >= 0.3 is 6.18 Å². The number of guanidine groups is 1. The van der Waals surface area contributed by atoms with E-state index in [9.17, 15) is 13.2 Å². The van der Waals surface area contributed by atoms with Crippen LogP contribution >= 0.6 is 0 Å². The first-order valence-electron chi connectivity index (χ1n) is 9.85. The number of hydrogen-bond donors (Lipinski definition) is 2. The molecule has 3 rings (SSSR count). The van der Waals surface area contributed by atoms with E-state index in [1.807, 2.05) is 55.8 Å². The molecule has 2 N–H and O–H groups in total.